The van der Waals surface area contributed by atoms with Crippen LogP contribution in [0.3, 0.4) is 0 Å². The molecule has 1 saturated carbocycles. The molecule has 4 heteroatoms. The van der Waals surface area contributed by atoms with Crippen molar-refractivity contribution < 1.29 is 9.59 Å². The molecule has 114 valence electrons. The third kappa shape index (κ3) is 2.76. The summed E-state index contributed by atoms with van der Waals surface area (Å²) >= 11 is 0. The second kappa shape index (κ2) is 5.84. The minimum Gasteiger partial charge on any atom is -0.314 e. The van der Waals surface area contributed by atoms with E-state index in [1.165, 1.54) is 4.90 Å². The Labute approximate surface area is 122 Å². The molecule has 1 saturated heterocycles. The first kappa shape index (κ1) is 15.5. The van der Waals surface area contributed by atoms with E-state index in [0.717, 1.165) is 32.2 Å². The van der Waals surface area contributed by atoms with Gasteiger partial charge < -0.3 is 5.32 Å². The summed E-state index contributed by atoms with van der Waals surface area (Å²) in [4.78, 5) is 25.8. The zero-order valence-electron chi connectivity index (χ0n) is 13.2. The van der Waals surface area contributed by atoms with Gasteiger partial charge in [0.1, 0.15) is 0 Å². The number of piperidine rings is 1. The van der Waals surface area contributed by atoms with Crippen LogP contribution in [0.15, 0.2) is 0 Å². The third-order valence-corrected chi connectivity index (χ3v) is 4.90. The van der Waals surface area contributed by atoms with Crippen molar-refractivity contribution in [1.29, 1.82) is 0 Å². The van der Waals surface area contributed by atoms with Crippen LogP contribution in [0.25, 0.3) is 0 Å². The Morgan fingerprint density at radius 1 is 1.20 bits per heavy atom. The maximum absolute atomic E-state index is 12.1. The molecule has 0 aromatic heterocycles. The van der Waals surface area contributed by atoms with Crippen LogP contribution in [0.5, 0.6) is 0 Å². The van der Waals surface area contributed by atoms with E-state index in [1.54, 1.807) is 0 Å². The molecule has 4 nitrogen and oxygen atoms in total. The van der Waals surface area contributed by atoms with E-state index < -0.39 is 0 Å². The summed E-state index contributed by atoms with van der Waals surface area (Å²) in [7, 11) is 0. The van der Waals surface area contributed by atoms with Gasteiger partial charge in [-0.2, -0.15) is 0 Å². The molecule has 2 fully saturated rings. The predicted octanol–water partition coefficient (Wildman–Crippen LogP) is 2.19. The van der Waals surface area contributed by atoms with Gasteiger partial charge in [0.15, 0.2) is 0 Å². The zero-order valence-corrected chi connectivity index (χ0v) is 13.2. The summed E-state index contributed by atoms with van der Waals surface area (Å²) in [5, 5.41) is 3.46. The lowest BCUT2D eigenvalue weighted by Crippen LogP contribution is -2.37. The Kier molecular flexibility index (Phi) is 4.52. The van der Waals surface area contributed by atoms with Crippen LogP contribution in [0.2, 0.25) is 0 Å². The van der Waals surface area contributed by atoms with Gasteiger partial charge in [-0.05, 0) is 38.1 Å². The van der Waals surface area contributed by atoms with Gasteiger partial charge in [0, 0.05) is 12.6 Å². The van der Waals surface area contributed by atoms with E-state index in [0.29, 0.717) is 12.6 Å². The molecule has 0 aromatic rings. The fourth-order valence-electron chi connectivity index (χ4n) is 3.44. The molecular formula is C16H28N2O2. The van der Waals surface area contributed by atoms with Crippen LogP contribution in [-0.2, 0) is 9.59 Å². The van der Waals surface area contributed by atoms with Crippen molar-refractivity contribution in [2.45, 2.75) is 59.4 Å². The molecule has 20 heavy (non-hydrogen) atoms. The van der Waals surface area contributed by atoms with Crippen molar-refractivity contribution in [1.82, 2.24) is 10.2 Å². The lowest BCUT2D eigenvalue weighted by atomic mass is 10.1. The zero-order chi connectivity index (χ0) is 14.9. The predicted molar refractivity (Wildman–Crippen MR) is 79.1 cm³/mol. The first-order valence-electron chi connectivity index (χ1n) is 7.99. The van der Waals surface area contributed by atoms with Crippen LogP contribution >= 0.6 is 0 Å². The molecule has 0 bridgehead atoms. The molecule has 2 amide bonds. The van der Waals surface area contributed by atoms with E-state index in [-0.39, 0.29) is 29.1 Å². The molecule has 1 heterocycles. The van der Waals surface area contributed by atoms with Gasteiger partial charge in [0.2, 0.25) is 11.8 Å². The molecule has 0 radical (unpaired) electrons. The number of fused-ring (bicyclic) bond motifs is 1. The monoisotopic (exact) mass is 280 g/mol. The molecule has 3 atom stereocenters. The standard InChI is InChI=1S/C16H28N2O2/c1-5-9-17-11(2)8-6-7-10-18-14(19)12-13(15(18)20)16(12,3)4/h11-13,17H,5-10H2,1-4H3. The number of nitrogens with zero attached hydrogens (tertiary/aromatic N) is 1. The van der Waals surface area contributed by atoms with Gasteiger partial charge in [-0.15, -0.1) is 0 Å². The highest BCUT2D eigenvalue weighted by atomic mass is 16.2. The number of likely N-dealkylation sites (tertiary alicyclic amines) is 1. The van der Waals surface area contributed by atoms with Crippen molar-refractivity contribution in [2.75, 3.05) is 13.1 Å². The number of carbonyl (C=O) groups excluding carboxylic acids is 2. The maximum atomic E-state index is 12.1. The van der Waals surface area contributed by atoms with Crippen molar-refractivity contribution in [3.63, 3.8) is 0 Å². The average Bonchev–Trinajstić information content (AvgIpc) is 2.86. The second-order valence-electron chi connectivity index (χ2n) is 6.96. The SMILES string of the molecule is CCCNC(C)CCCCN1C(=O)C2C(C1=O)C2(C)C. The molecule has 3 unspecified atom stereocenters. The van der Waals surface area contributed by atoms with Gasteiger partial charge in [-0.1, -0.05) is 27.2 Å². The fourth-order valence-corrected chi connectivity index (χ4v) is 3.44. The van der Waals surface area contributed by atoms with Crippen molar-refractivity contribution in [3.8, 4) is 0 Å². The van der Waals surface area contributed by atoms with Gasteiger partial charge >= 0.3 is 0 Å². The largest absolute Gasteiger partial charge is 0.314 e. The Morgan fingerprint density at radius 2 is 1.80 bits per heavy atom. The third-order valence-electron chi connectivity index (χ3n) is 4.90. The van der Waals surface area contributed by atoms with Crippen molar-refractivity contribution >= 4 is 11.8 Å². The topological polar surface area (TPSA) is 49.4 Å². The van der Waals surface area contributed by atoms with E-state index in [1.807, 2.05) is 13.8 Å². The van der Waals surface area contributed by atoms with Crippen LogP contribution in [0.1, 0.15) is 53.4 Å². The minimum absolute atomic E-state index is 0.0276. The van der Waals surface area contributed by atoms with Crippen molar-refractivity contribution in [3.05, 3.63) is 0 Å². The highest BCUT2D eigenvalue weighted by Gasteiger charge is 2.72. The Bertz CT molecular complexity index is 368. The molecule has 1 aliphatic heterocycles. The number of hydrogen-bond donors (Lipinski definition) is 1. The van der Waals surface area contributed by atoms with Crippen LogP contribution < -0.4 is 5.32 Å². The number of hydrogen-bond acceptors (Lipinski definition) is 3. The molecule has 1 N–H and O–H groups in total. The van der Waals surface area contributed by atoms with Crippen molar-refractivity contribution in [2.24, 2.45) is 17.3 Å². The van der Waals surface area contributed by atoms with Crippen LogP contribution in [0.4, 0.5) is 0 Å². The normalized spacial score (nSPS) is 28.7. The molecule has 0 aromatic carbocycles. The second-order valence-corrected chi connectivity index (χ2v) is 6.96. The number of amides is 2. The molecule has 0 spiro atoms. The minimum atomic E-state index is -0.0801. The molecule has 1 aliphatic carbocycles. The number of carbonyl (C=O) groups is 2. The van der Waals surface area contributed by atoms with Crippen LogP contribution in [-0.4, -0.2) is 35.8 Å². The first-order chi connectivity index (χ1) is 9.41. The Balaban J connectivity index is 1.67. The lowest BCUT2D eigenvalue weighted by molar-refractivity contribution is -0.143. The summed E-state index contributed by atoms with van der Waals surface area (Å²) in [5.74, 6) is 0.0876. The summed E-state index contributed by atoms with van der Waals surface area (Å²) in [5.41, 5.74) is -0.0801. The van der Waals surface area contributed by atoms with E-state index in [2.05, 4.69) is 19.2 Å². The van der Waals surface area contributed by atoms with E-state index in [4.69, 9.17) is 0 Å². The maximum Gasteiger partial charge on any atom is 0.233 e. The highest BCUT2D eigenvalue weighted by Crippen LogP contribution is 2.63. The van der Waals surface area contributed by atoms with Gasteiger partial charge in [-0.25, -0.2) is 0 Å². The van der Waals surface area contributed by atoms with Crippen LogP contribution in [0, 0.1) is 17.3 Å². The summed E-state index contributed by atoms with van der Waals surface area (Å²) in [6, 6.07) is 0.521. The number of rotatable bonds is 8. The average molecular weight is 280 g/mol. The lowest BCUT2D eigenvalue weighted by Gasteiger charge is -2.20. The Hall–Kier alpha value is -0.900. The fraction of sp³-hybridized carbons (Fsp3) is 0.875. The van der Waals surface area contributed by atoms with Gasteiger partial charge in [0.05, 0.1) is 11.8 Å². The van der Waals surface area contributed by atoms with E-state index in [9.17, 15) is 9.59 Å². The summed E-state index contributed by atoms with van der Waals surface area (Å²) in [6.07, 6.45) is 4.25. The number of unbranched alkanes of at least 4 members (excludes halogenated alkanes) is 1. The molecular weight excluding hydrogens is 252 g/mol. The quantitative estimate of drug-likeness (QED) is 0.548. The highest BCUT2D eigenvalue weighted by molar-refractivity contribution is 6.10. The smallest absolute Gasteiger partial charge is 0.233 e. The van der Waals surface area contributed by atoms with Gasteiger partial charge in [-0.3, -0.25) is 14.5 Å². The number of nitrogens with one attached hydrogen (secondary N) is 1. The molecule has 2 aliphatic rings. The Morgan fingerprint density at radius 3 is 2.35 bits per heavy atom. The number of imide groups is 1. The summed E-state index contributed by atoms with van der Waals surface area (Å²) in [6.45, 7) is 10.1. The molecule has 2 rings (SSSR count). The van der Waals surface area contributed by atoms with Gasteiger partial charge in [0.25, 0.3) is 0 Å². The first-order valence-corrected chi connectivity index (χ1v) is 7.99. The summed E-state index contributed by atoms with van der Waals surface area (Å²) < 4.78 is 0. The van der Waals surface area contributed by atoms with E-state index >= 15 is 0 Å².